The van der Waals surface area contributed by atoms with Crippen molar-refractivity contribution in [2.45, 2.75) is 20.8 Å². The topological polar surface area (TPSA) is 24.1 Å². The van der Waals surface area contributed by atoms with Crippen LogP contribution in [0.5, 0.6) is 0 Å². The first kappa shape index (κ1) is 10.5. The van der Waals surface area contributed by atoms with E-state index < -0.39 is 0 Å². The van der Waals surface area contributed by atoms with Crippen LogP contribution in [0.15, 0.2) is 36.5 Å². The Bertz CT molecular complexity index is 383. The van der Waals surface area contributed by atoms with Gasteiger partial charge in [0, 0.05) is 16.9 Å². The number of aryl methyl sites for hydroxylation is 1. The minimum Gasteiger partial charge on any atom is -0.285 e. The van der Waals surface area contributed by atoms with Gasteiger partial charge in [-0.05, 0) is 18.6 Å². The minimum atomic E-state index is 0.845. The first-order valence-electron chi connectivity index (χ1n) is 4.88. The predicted molar refractivity (Wildman–Crippen MR) is 57.4 cm³/mol. The molecule has 0 aliphatic rings. The molecule has 1 N–H and O–H groups in total. The zero-order valence-corrected chi connectivity index (χ0v) is 8.86. The molecule has 74 valence electrons. The molecule has 14 heavy (non-hydrogen) atoms. The van der Waals surface area contributed by atoms with Gasteiger partial charge in [-0.3, -0.25) is 5.21 Å². The van der Waals surface area contributed by atoms with Gasteiger partial charge in [0.25, 0.3) is 5.52 Å². The molecule has 1 aromatic carbocycles. The van der Waals surface area contributed by atoms with Gasteiger partial charge in [-0.1, -0.05) is 26.0 Å². The van der Waals surface area contributed by atoms with Gasteiger partial charge >= 0.3 is 0 Å². The molecule has 0 saturated carbocycles. The van der Waals surface area contributed by atoms with Crippen molar-refractivity contribution in [3.05, 3.63) is 42.1 Å². The van der Waals surface area contributed by atoms with Crippen LogP contribution in [0, 0.1) is 6.92 Å². The van der Waals surface area contributed by atoms with Crippen LogP contribution in [-0.2, 0) is 0 Å². The molecule has 0 fully saturated rings. The second-order valence-electron chi connectivity index (χ2n) is 2.86. The van der Waals surface area contributed by atoms with Crippen molar-refractivity contribution < 1.29 is 9.94 Å². The van der Waals surface area contributed by atoms with Crippen molar-refractivity contribution in [2.75, 3.05) is 0 Å². The summed E-state index contributed by atoms with van der Waals surface area (Å²) in [5.41, 5.74) is 2.02. The summed E-state index contributed by atoms with van der Waals surface area (Å²) in [6, 6.07) is 9.66. The lowest BCUT2D eigenvalue weighted by atomic mass is 10.1. The standard InChI is InChI=1S/C10H10NO.C2H6/c1-8-6-7-11(12)10-5-3-2-4-9(8)10;1-2/h2-7,12H,1H3;1-2H3/q+1;. The molecular weight excluding hydrogens is 174 g/mol. The minimum absolute atomic E-state index is 0.845. The van der Waals surface area contributed by atoms with Crippen LogP contribution in [0.2, 0.25) is 0 Å². The fourth-order valence-corrected chi connectivity index (χ4v) is 1.36. The van der Waals surface area contributed by atoms with Gasteiger partial charge in [0.2, 0.25) is 6.20 Å². The third kappa shape index (κ3) is 1.84. The van der Waals surface area contributed by atoms with E-state index in [-0.39, 0.29) is 0 Å². The molecule has 2 aromatic rings. The third-order valence-electron chi connectivity index (χ3n) is 2.04. The maximum Gasteiger partial charge on any atom is 0.264 e. The highest BCUT2D eigenvalue weighted by atomic mass is 16.5. The summed E-state index contributed by atoms with van der Waals surface area (Å²) in [5, 5.41) is 10.5. The molecule has 0 radical (unpaired) electrons. The molecule has 0 atom stereocenters. The van der Waals surface area contributed by atoms with Crippen LogP contribution >= 0.6 is 0 Å². The fourth-order valence-electron chi connectivity index (χ4n) is 1.36. The molecule has 2 nitrogen and oxygen atoms in total. The predicted octanol–water partition coefficient (Wildman–Crippen LogP) is 2.70. The number of hydrogen-bond donors (Lipinski definition) is 1. The van der Waals surface area contributed by atoms with E-state index in [1.165, 1.54) is 5.56 Å². The number of para-hydroxylation sites is 1. The van der Waals surface area contributed by atoms with E-state index >= 15 is 0 Å². The van der Waals surface area contributed by atoms with Crippen molar-refractivity contribution in [1.29, 1.82) is 0 Å². The van der Waals surface area contributed by atoms with Crippen molar-refractivity contribution >= 4 is 10.9 Å². The first-order chi connectivity index (χ1) is 6.79. The molecule has 0 bridgehead atoms. The largest absolute Gasteiger partial charge is 0.285 e. The average Bonchev–Trinajstić information content (AvgIpc) is 2.27. The van der Waals surface area contributed by atoms with Crippen molar-refractivity contribution in [3.8, 4) is 0 Å². The van der Waals surface area contributed by atoms with Gasteiger partial charge in [0.05, 0.1) is 5.39 Å². The summed E-state index contributed by atoms with van der Waals surface area (Å²) >= 11 is 0. The molecular formula is C12H16NO+. The Morgan fingerprint density at radius 2 is 1.71 bits per heavy atom. The van der Waals surface area contributed by atoms with Gasteiger partial charge in [0.1, 0.15) is 0 Å². The van der Waals surface area contributed by atoms with Gasteiger partial charge in [-0.15, -0.1) is 0 Å². The van der Waals surface area contributed by atoms with Crippen LogP contribution < -0.4 is 4.73 Å². The summed E-state index contributed by atoms with van der Waals surface area (Å²) in [6.45, 7) is 6.03. The molecule has 2 heteroatoms. The first-order valence-corrected chi connectivity index (χ1v) is 4.88. The molecule has 0 saturated heterocycles. The molecule has 0 amide bonds. The fraction of sp³-hybridized carbons (Fsp3) is 0.250. The zero-order chi connectivity index (χ0) is 10.6. The average molecular weight is 190 g/mol. The third-order valence-corrected chi connectivity index (χ3v) is 2.04. The second-order valence-corrected chi connectivity index (χ2v) is 2.86. The lowest BCUT2D eigenvalue weighted by Gasteiger charge is -1.95. The molecule has 1 aromatic heterocycles. The van der Waals surface area contributed by atoms with Gasteiger partial charge in [-0.2, -0.15) is 0 Å². The molecule has 1 heterocycles. The Kier molecular flexibility index (Phi) is 3.46. The van der Waals surface area contributed by atoms with Crippen molar-refractivity contribution in [2.24, 2.45) is 0 Å². The van der Waals surface area contributed by atoms with Crippen LogP contribution in [0.3, 0.4) is 0 Å². The van der Waals surface area contributed by atoms with Crippen molar-refractivity contribution in [3.63, 3.8) is 0 Å². The Morgan fingerprint density at radius 1 is 1.07 bits per heavy atom. The Labute approximate surface area is 84.4 Å². The van der Waals surface area contributed by atoms with Crippen LogP contribution in [0.4, 0.5) is 0 Å². The van der Waals surface area contributed by atoms with Crippen molar-refractivity contribution in [1.82, 2.24) is 0 Å². The zero-order valence-electron chi connectivity index (χ0n) is 8.86. The Hall–Kier alpha value is -1.57. The molecule has 0 aliphatic carbocycles. The second kappa shape index (κ2) is 4.61. The summed E-state index contributed by atoms with van der Waals surface area (Å²) in [6.07, 6.45) is 1.65. The Morgan fingerprint density at radius 3 is 2.36 bits per heavy atom. The molecule has 0 aliphatic heterocycles. The van der Waals surface area contributed by atoms with E-state index in [9.17, 15) is 5.21 Å². The van der Waals surface area contributed by atoms with Crippen LogP contribution in [0.1, 0.15) is 19.4 Å². The summed E-state index contributed by atoms with van der Waals surface area (Å²) in [4.78, 5) is 0. The normalized spacial score (nSPS) is 9.36. The number of nitrogens with zero attached hydrogens (tertiary/aromatic N) is 1. The summed E-state index contributed by atoms with van der Waals surface area (Å²) < 4.78 is 1.14. The molecule has 0 unspecified atom stereocenters. The number of rotatable bonds is 0. The summed E-state index contributed by atoms with van der Waals surface area (Å²) in [7, 11) is 0. The Balaban J connectivity index is 0.000000461. The van der Waals surface area contributed by atoms with Gasteiger partial charge in [0.15, 0.2) is 0 Å². The van der Waals surface area contributed by atoms with E-state index in [1.54, 1.807) is 6.20 Å². The maximum atomic E-state index is 9.41. The SMILES string of the molecule is CC.Cc1cc[n+](O)c2ccccc12. The summed E-state index contributed by atoms with van der Waals surface area (Å²) in [5.74, 6) is 0. The van der Waals surface area contributed by atoms with Gasteiger partial charge < -0.3 is 0 Å². The van der Waals surface area contributed by atoms with Crippen LogP contribution in [-0.4, -0.2) is 5.21 Å². The van der Waals surface area contributed by atoms with E-state index in [0.717, 1.165) is 15.6 Å². The molecule has 2 rings (SSSR count). The number of fused-ring (bicyclic) bond motifs is 1. The highest BCUT2D eigenvalue weighted by Crippen LogP contribution is 2.12. The lowest BCUT2D eigenvalue weighted by molar-refractivity contribution is -0.884. The highest BCUT2D eigenvalue weighted by molar-refractivity contribution is 5.78. The number of hydrogen-bond acceptors (Lipinski definition) is 1. The van der Waals surface area contributed by atoms with Crippen LogP contribution in [0.25, 0.3) is 10.9 Å². The quantitative estimate of drug-likeness (QED) is 0.501. The number of aromatic nitrogens is 1. The maximum absolute atomic E-state index is 9.41. The van der Waals surface area contributed by atoms with E-state index in [2.05, 4.69) is 0 Å². The smallest absolute Gasteiger partial charge is 0.264 e. The van der Waals surface area contributed by atoms with Gasteiger partial charge in [-0.25, -0.2) is 0 Å². The monoisotopic (exact) mass is 190 g/mol. The van der Waals surface area contributed by atoms with E-state index in [0.29, 0.717) is 0 Å². The van der Waals surface area contributed by atoms with E-state index in [4.69, 9.17) is 0 Å². The molecule has 0 spiro atoms. The van der Waals surface area contributed by atoms with E-state index in [1.807, 2.05) is 51.1 Å². The lowest BCUT2D eigenvalue weighted by Crippen LogP contribution is -2.30. The number of benzene rings is 1. The number of pyridine rings is 1. The highest BCUT2D eigenvalue weighted by Gasteiger charge is 2.07.